The SMILES string of the molecule is CC1=C(C)C(C)[C]([Zr]([CH3])([CH3])(=[SiH2])[CH]2C=C(c3c(C)c(C)c(C)c(C)c3C)c3ccccc32)=C1C. The molecule has 2 atom stereocenters. The molecule has 0 heterocycles. The van der Waals surface area contributed by atoms with Gasteiger partial charge in [-0.25, -0.2) is 0 Å². The van der Waals surface area contributed by atoms with Crippen LogP contribution in [0.3, 0.4) is 0 Å². The Morgan fingerprint density at radius 1 is 0.727 bits per heavy atom. The second-order valence-electron chi connectivity index (χ2n) is 12.0. The molecule has 33 heavy (non-hydrogen) atoms. The zero-order valence-electron chi connectivity index (χ0n) is 22.7. The minimum atomic E-state index is -3.39. The standard InChI is InChI=1S/C20H21.C9H13.2CH3.H2Si.Zr/c1-12-13(2)15(4)20(16(5)14(12)3)19-11-10-17-8-6-7-9-18(17)19;1-6-5-7(2)9(4)8(6)3;;;;/h6-11H,1-5H3;6H,1-4H3;2*1H3;1H2;. The summed E-state index contributed by atoms with van der Waals surface area (Å²) in [5.41, 5.74) is 18.0. The normalized spacial score (nSPS) is 21.2. The van der Waals surface area contributed by atoms with E-state index in [-0.39, 0.29) is 0 Å². The van der Waals surface area contributed by atoms with Crippen molar-refractivity contribution in [1.29, 1.82) is 0 Å². The van der Waals surface area contributed by atoms with E-state index in [1.807, 2.05) is 3.28 Å². The van der Waals surface area contributed by atoms with Crippen LogP contribution < -0.4 is 0 Å². The average molecular weight is 534 g/mol. The topological polar surface area (TPSA) is 0 Å². The predicted octanol–water partition coefficient (Wildman–Crippen LogP) is 8.31. The Morgan fingerprint density at radius 2 is 1.24 bits per heavy atom. The summed E-state index contributed by atoms with van der Waals surface area (Å²) in [7, 11) is 0. The van der Waals surface area contributed by atoms with Gasteiger partial charge in [-0.2, -0.15) is 0 Å². The van der Waals surface area contributed by atoms with Crippen molar-refractivity contribution >= 4 is 12.5 Å². The molecule has 0 N–H and O–H groups in total. The average Bonchev–Trinajstić information content (AvgIpc) is 3.24. The van der Waals surface area contributed by atoms with Crippen LogP contribution in [0.25, 0.3) is 5.57 Å². The molecule has 2 aliphatic carbocycles. The van der Waals surface area contributed by atoms with E-state index in [0.717, 1.165) is 0 Å². The van der Waals surface area contributed by atoms with Crippen molar-refractivity contribution in [2.45, 2.75) is 75.2 Å². The van der Waals surface area contributed by atoms with Crippen LogP contribution in [0.2, 0.25) is 9.26 Å². The molecule has 0 radical (unpaired) electrons. The molecule has 0 saturated heterocycles. The number of allylic oxidation sites excluding steroid dienone is 5. The van der Waals surface area contributed by atoms with Crippen molar-refractivity contribution < 1.29 is 17.4 Å². The third kappa shape index (κ3) is 3.46. The third-order valence-electron chi connectivity index (χ3n) is 9.71. The molecule has 0 aromatic heterocycles. The van der Waals surface area contributed by atoms with E-state index in [2.05, 4.69) is 109 Å². The Balaban J connectivity index is 2.02. The van der Waals surface area contributed by atoms with Crippen molar-refractivity contribution in [3.8, 4) is 0 Å². The molecular weight excluding hydrogens is 492 g/mol. The van der Waals surface area contributed by atoms with Crippen molar-refractivity contribution in [2.24, 2.45) is 5.92 Å². The van der Waals surface area contributed by atoms with Gasteiger partial charge < -0.3 is 0 Å². The molecule has 2 aromatic rings. The summed E-state index contributed by atoms with van der Waals surface area (Å²) in [5.74, 6) is 0.583. The minimum absolute atomic E-state index is 0.544. The fourth-order valence-electron chi connectivity index (χ4n) is 7.11. The van der Waals surface area contributed by atoms with Gasteiger partial charge in [0.25, 0.3) is 0 Å². The summed E-state index contributed by atoms with van der Waals surface area (Å²) in [6.07, 6.45) is 2.71. The van der Waals surface area contributed by atoms with E-state index in [1.165, 1.54) is 44.5 Å². The van der Waals surface area contributed by atoms with Gasteiger partial charge in [-0.1, -0.05) is 0 Å². The van der Waals surface area contributed by atoms with Crippen molar-refractivity contribution in [3.63, 3.8) is 0 Å². The van der Waals surface area contributed by atoms with Gasteiger partial charge >= 0.3 is 206 Å². The first-order valence-electron chi connectivity index (χ1n) is 12.5. The van der Waals surface area contributed by atoms with Crippen LogP contribution in [0.5, 0.6) is 0 Å². The van der Waals surface area contributed by atoms with Crippen molar-refractivity contribution in [3.05, 3.63) is 94.8 Å². The van der Waals surface area contributed by atoms with Crippen LogP contribution in [0.15, 0.2) is 50.3 Å². The summed E-state index contributed by atoms with van der Waals surface area (Å²) in [5, 5.41) is 0. The van der Waals surface area contributed by atoms with Gasteiger partial charge in [0.2, 0.25) is 0 Å². The van der Waals surface area contributed by atoms with Crippen LogP contribution in [0, 0.1) is 40.5 Å². The molecular formula is C31H42SiZr. The summed E-state index contributed by atoms with van der Waals surface area (Å²) in [6.45, 7) is 23.5. The number of hydrogen-bond donors (Lipinski definition) is 0. The van der Waals surface area contributed by atoms with Crippen LogP contribution in [-0.4, -0.2) is 6.88 Å². The Hall–Kier alpha value is -1.24. The van der Waals surface area contributed by atoms with Gasteiger partial charge in [0.15, 0.2) is 0 Å². The zero-order valence-corrected chi connectivity index (χ0v) is 26.6. The monoisotopic (exact) mass is 532 g/mol. The third-order valence-corrected chi connectivity index (χ3v) is 27.0. The molecule has 0 aliphatic heterocycles. The van der Waals surface area contributed by atoms with Gasteiger partial charge in [0.1, 0.15) is 0 Å². The molecule has 0 nitrogen and oxygen atoms in total. The Morgan fingerprint density at radius 3 is 1.76 bits per heavy atom. The van der Waals surface area contributed by atoms with Crippen LogP contribution in [0.4, 0.5) is 0 Å². The maximum atomic E-state index is 2.72. The molecule has 0 fully saturated rings. The van der Waals surface area contributed by atoms with Crippen molar-refractivity contribution in [2.75, 3.05) is 0 Å². The first-order valence-corrected chi connectivity index (χ1v) is 26.0. The molecule has 2 aromatic carbocycles. The summed E-state index contributed by atoms with van der Waals surface area (Å²) in [4.78, 5) is 0. The molecule has 2 unspecified atom stereocenters. The zero-order chi connectivity index (χ0) is 24.6. The van der Waals surface area contributed by atoms with Gasteiger partial charge in [0.05, 0.1) is 0 Å². The maximum absolute atomic E-state index is 3.39. The second-order valence-corrected chi connectivity index (χ2v) is 41.6. The molecule has 0 spiro atoms. The number of rotatable bonds is 3. The van der Waals surface area contributed by atoms with Gasteiger partial charge in [-0.3, -0.25) is 0 Å². The number of hydrogen-bond acceptors (Lipinski definition) is 0. The van der Waals surface area contributed by atoms with Gasteiger partial charge in [-0.15, -0.1) is 0 Å². The quantitative estimate of drug-likeness (QED) is 0.348. The van der Waals surface area contributed by atoms with E-state index in [4.69, 9.17) is 0 Å². The van der Waals surface area contributed by atoms with Crippen molar-refractivity contribution in [1.82, 2.24) is 0 Å². The van der Waals surface area contributed by atoms with Crippen LogP contribution >= 0.6 is 0 Å². The van der Waals surface area contributed by atoms with Gasteiger partial charge in [0, 0.05) is 0 Å². The first-order chi connectivity index (χ1) is 15.2. The summed E-state index contributed by atoms with van der Waals surface area (Å²) >= 11 is -3.39. The van der Waals surface area contributed by atoms with Crippen LogP contribution in [0.1, 0.15) is 75.8 Å². The summed E-state index contributed by atoms with van der Waals surface area (Å²) in [6, 6.07) is 9.31. The Bertz CT molecular complexity index is 1340. The van der Waals surface area contributed by atoms with E-state index < -0.39 is 17.4 Å². The molecule has 2 aliphatic rings. The predicted molar refractivity (Wildman–Crippen MR) is 147 cm³/mol. The molecule has 4 rings (SSSR count). The number of benzene rings is 2. The molecule has 0 saturated carbocycles. The molecule has 174 valence electrons. The fraction of sp³-hybridized carbons (Fsp3) is 0.419. The second kappa shape index (κ2) is 7.89. The van der Waals surface area contributed by atoms with E-state index >= 15 is 0 Å². The molecule has 0 bridgehead atoms. The van der Waals surface area contributed by atoms with Crippen LogP contribution in [-0.2, 0) is 17.4 Å². The van der Waals surface area contributed by atoms with Gasteiger partial charge in [-0.05, 0) is 0 Å². The fourth-order valence-corrected chi connectivity index (χ4v) is 25.6. The van der Waals surface area contributed by atoms with E-state index in [1.54, 1.807) is 22.3 Å². The molecule has 0 amide bonds. The Kier molecular flexibility index (Phi) is 5.95. The number of fused-ring (bicyclic) bond motifs is 1. The first kappa shape index (κ1) is 24.9. The van der Waals surface area contributed by atoms with E-state index in [9.17, 15) is 0 Å². The van der Waals surface area contributed by atoms with E-state index in [0.29, 0.717) is 9.54 Å². The summed E-state index contributed by atoms with van der Waals surface area (Å²) < 4.78 is 7.80. The Labute approximate surface area is 204 Å². The molecule has 2 heteroatoms.